The van der Waals surface area contributed by atoms with E-state index < -0.39 is 5.97 Å². The van der Waals surface area contributed by atoms with E-state index in [1.165, 1.54) is 0 Å². The van der Waals surface area contributed by atoms with E-state index in [9.17, 15) is 9.59 Å². The third-order valence-electron chi connectivity index (χ3n) is 3.87. The number of furan rings is 1. The Morgan fingerprint density at radius 3 is 2.42 bits per heavy atom. The van der Waals surface area contributed by atoms with Crippen molar-refractivity contribution in [3.8, 4) is 0 Å². The van der Waals surface area contributed by atoms with E-state index in [2.05, 4.69) is 0 Å². The second-order valence-electron chi connectivity index (χ2n) is 6.13. The molecule has 1 aromatic heterocycles. The van der Waals surface area contributed by atoms with Crippen molar-refractivity contribution in [1.82, 2.24) is 0 Å². The topological polar surface area (TPSA) is 65.7 Å². The number of ketones is 1. The van der Waals surface area contributed by atoms with Gasteiger partial charge in [0.25, 0.3) is 0 Å². The van der Waals surface area contributed by atoms with Crippen molar-refractivity contribution in [1.29, 1.82) is 0 Å². The standard InChI is InChI=1S/C21H20O5/c1-14(2)24-12-17-16-10-6-7-11-19(16)26-20(17)21(23)25-13-18(22)15-8-4-3-5-9-15/h3-11,14H,12-13H2,1-2H3. The summed E-state index contributed by atoms with van der Waals surface area (Å²) in [5.41, 5.74) is 1.70. The van der Waals surface area contributed by atoms with E-state index in [1.807, 2.05) is 38.1 Å². The predicted molar refractivity (Wildman–Crippen MR) is 97.2 cm³/mol. The number of fused-ring (bicyclic) bond motifs is 1. The predicted octanol–water partition coefficient (Wildman–Crippen LogP) is 4.40. The van der Waals surface area contributed by atoms with Gasteiger partial charge in [-0.3, -0.25) is 4.79 Å². The summed E-state index contributed by atoms with van der Waals surface area (Å²) in [4.78, 5) is 24.6. The number of carbonyl (C=O) groups excluding carboxylic acids is 2. The molecule has 5 heteroatoms. The summed E-state index contributed by atoms with van der Waals surface area (Å²) < 4.78 is 16.5. The first kappa shape index (κ1) is 17.9. The number of benzene rings is 2. The van der Waals surface area contributed by atoms with Crippen molar-refractivity contribution >= 4 is 22.7 Å². The molecule has 0 aliphatic heterocycles. The van der Waals surface area contributed by atoms with Crippen LogP contribution in [0.4, 0.5) is 0 Å². The monoisotopic (exact) mass is 352 g/mol. The highest BCUT2D eigenvalue weighted by Crippen LogP contribution is 2.27. The molecule has 0 N–H and O–H groups in total. The maximum Gasteiger partial charge on any atom is 0.375 e. The Bertz CT molecular complexity index is 909. The highest BCUT2D eigenvalue weighted by Gasteiger charge is 2.23. The third-order valence-corrected chi connectivity index (χ3v) is 3.87. The van der Waals surface area contributed by atoms with Crippen molar-refractivity contribution in [3.63, 3.8) is 0 Å². The molecule has 5 nitrogen and oxygen atoms in total. The lowest BCUT2D eigenvalue weighted by molar-refractivity contribution is 0.0423. The molecular weight excluding hydrogens is 332 g/mol. The number of ether oxygens (including phenoxy) is 2. The average Bonchev–Trinajstić information content (AvgIpc) is 3.03. The van der Waals surface area contributed by atoms with Gasteiger partial charge in [-0.05, 0) is 19.9 Å². The zero-order valence-corrected chi connectivity index (χ0v) is 14.7. The van der Waals surface area contributed by atoms with Gasteiger partial charge in [-0.2, -0.15) is 0 Å². The average molecular weight is 352 g/mol. The number of rotatable bonds is 7. The first-order valence-electron chi connectivity index (χ1n) is 8.43. The Hall–Kier alpha value is -2.92. The Morgan fingerprint density at radius 2 is 1.69 bits per heavy atom. The van der Waals surface area contributed by atoms with Gasteiger partial charge in [-0.25, -0.2) is 4.79 Å². The molecule has 0 radical (unpaired) electrons. The van der Waals surface area contributed by atoms with Crippen molar-refractivity contribution in [2.24, 2.45) is 0 Å². The van der Waals surface area contributed by atoms with Crippen LogP contribution < -0.4 is 0 Å². The molecule has 134 valence electrons. The lowest BCUT2D eigenvalue weighted by atomic mass is 10.1. The van der Waals surface area contributed by atoms with Crippen molar-refractivity contribution in [2.75, 3.05) is 6.61 Å². The van der Waals surface area contributed by atoms with Gasteiger partial charge in [0.2, 0.25) is 5.76 Å². The fourth-order valence-electron chi connectivity index (χ4n) is 2.56. The van der Waals surface area contributed by atoms with E-state index in [1.54, 1.807) is 30.3 Å². The maximum absolute atomic E-state index is 12.5. The highest BCUT2D eigenvalue weighted by molar-refractivity contribution is 6.00. The third kappa shape index (κ3) is 4.00. The molecule has 0 fully saturated rings. The van der Waals surface area contributed by atoms with Crippen LogP contribution in [0.2, 0.25) is 0 Å². The lowest BCUT2D eigenvalue weighted by Crippen LogP contribution is -2.15. The number of hydrogen-bond donors (Lipinski definition) is 0. The molecule has 3 rings (SSSR count). The second-order valence-corrected chi connectivity index (χ2v) is 6.13. The highest BCUT2D eigenvalue weighted by atomic mass is 16.5. The summed E-state index contributed by atoms with van der Waals surface area (Å²) in [6.07, 6.45) is 0.00666. The van der Waals surface area contributed by atoms with Gasteiger partial charge in [0.1, 0.15) is 5.58 Å². The zero-order valence-electron chi connectivity index (χ0n) is 14.7. The van der Waals surface area contributed by atoms with Gasteiger partial charge in [-0.1, -0.05) is 48.5 Å². The molecule has 0 saturated heterocycles. The number of Topliss-reactive ketones (excluding diaryl/α,β-unsaturated/α-hetero) is 1. The fraction of sp³-hybridized carbons (Fsp3) is 0.238. The number of esters is 1. The largest absolute Gasteiger partial charge is 0.451 e. The normalized spacial score (nSPS) is 11.0. The zero-order chi connectivity index (χ0) is 18.5. The minimum Gasteiger partial charge on any atom is -0.451 e. The van der Waals surface area contributed by atoms with Gasteiger partial charge in [0.15, 0.2) is 12.4 Å². The maximum atomic E-state index is 12.5. The van der Waals surface area contributed by atoms with Gasteiger partial charge in [0, 0.05) is 16.5 Å². The van der Waals surface area contributed by atoms with Gasteiger partial charge >= 0.3 is 5.97 Å². The fourth-order valence-corrected chi connectivity index (χ4v) is 2.56. The number of hydrogen-bond acceptors (Lipinski definition) is 5. The number of para-hydroxylation sites is 1. The molecule has 0 amide bonds. The van der Waals surface area contributed by atoms with Gasteiger partial charge < -0.3 is 13.9 Å². The van der Waals surface area contributed by atoms with Crippen LogP contribution >= 0.6 is 0 Å². The van der Waals surface area contributed by atoms with Gasteiger partial charge in [0.05, 0.1) is 12.7 Å². The Labute approximate surface area is 151 Å². The molecule has 0 spiro atoms. The van der Waals surface area contributed by atoms with Crippen LogP contribution in [0.15, 0.2) is 59.0 Å². The summed E-state index contributed by atoms with van der Waals surface area (Å²) in [6.45, 7) is 3.72. The molecule has 0 aliphatic rings. The molecule has 0 bridgehead atoms. The van der Waals surface area contributed by atoms with E-state index in [0.29, 0.717) is 16.7 Å². The molecular formula is C21H20O5. The number of carbonyl (C=O) groups is 2. The van der Waals surface area contributed by atoms with E-state index in [0.717, 1.165) is 5.39 Å². The quantitative estimate of drug-likeness (QED) is 0.466. The summed E-state index contributed by atoms with van der Waals surface area (Å²) in [6, 6.07) is 16.0. The Kier molecular flexibility index (Phi) is 5.49. The molecule has 0 unspecified atom stereocenters. The van der Waals surface area contributed by atoms with Crippen LogP contribution in [-0.4, -0.2) is 24.5 Å². The first-order chi connectivity index (χ1) is 12.6. The summed E-state index contributed by atoms with van der Waals surface area (Å²) in [7, 11) is 0. The van der Waals surface area contributed by atoms with E-state index in [4.69, 9.17) is 13.9 Å². The van der Waals surface area contributed by atoms with Crippen LogP contribution in [-0.2, 0) is 16.1 Å². The smallest absolute Gasteiger partial charge is 0.375 e. The first-order valence-corrected chi connectivity index (χ1v) is 8.43. The minimum absolute atomic E-state index is 0.00666. The minimum atomic E-state index is -0.673. The van der Waals surface area contributed by atoms with Crippen LogP contribution in [0.5, 0.6) is 0 Å². The summed E-state index contributed by atoms with van der Waals surface area (Å²) >= 11 is 0. The molecule has 0 saturated carbocycles. The lowest BCUT2D eigenvalue weighted by Gasteiger charge is -2.08. The van der Waals surface area contributed by atoms with Crippen LogP contribution in [0.1, 0.15) is 40.3 Å². The molecule has 26 heavy (non-hydrogen) atoms. The molecule has 3 aromatic rings. The molecule has 0 atom stereocenters. The van der Waals surface area contributed by atoms with Crippen LogP contribution in [0.3, 0.4) is 0 Å². The van der Waals surface area contributed by atoms with E-state index in [-0.39, 0.29) is 30.9 Å². The van der Waals surface area contributed by atoms with Crippen LogP contribution in [0.25, 0.3) is 11.0 Å². The molecule has 2 aromatic carbocycles. The Morgan fingerprint density at radius 1 is 1.00 bits per heavy atom. The summed E-state index contributed by atoms with van der Waals surface area (Å²) in [5, 5.41) is 0.800. The Balaban J connectivity index is 1.79. The van der Waals surface area contributed by atoms with E-state index >= 15 is 0 Å². The summed E-state index contributed by atoms with van der Waals surface area (Å²) in [5.74, 6) is -0.865. The SMILES string of the molecule is CC(C)OCc1c(C(=O)OCC(=O)c2ccccc2)oc2ccccc12. The van der Waals surface area contributed by atoms with Crippen molar-refractivity contribution in [2.45, 2.75) is 26.6 Å². The second kappa shape index (κ2) is 7.97. The van der Waals surface area contributed by atoms with Crippen molar-refractivity contribution < 1.29 is 23.5 Å². The molecule has 0 aliphatic carbocycles. The van der Waals surface area contributed by atoms with Gasteiger partial charge in [-0.15, -0.1) is 0 Å². The van der Waals surface area contributed by atoms with Crippen molar-refractivity contribution in [3.05, 3.63) is 71.5 Å². The van der Waals surface area contributed by atoms with Crippen LogP contribution in [0, 0.1) is 0 Å². The molecule has 1 heterocycles.